The molecule has 11 nitrogen and oxygen atoms in total. The molecule has 2 aromatic carbocycles. The lowest BCUT2D eigenvalue weighted by Crippen LogP contribution is -2.52. The first kappa shape index (κ1) is 27.5. The highest BCUT2D eigenvalue weighted by Gasteiger charge is 2.34. The molecule has 0 fully saturated rings. The van der Waals surface area contributed by atoms with Gasteiger partial charge < -0.3 is 21.1 Å². The van der Waals surface area contributed by atoms with Crippen molar-refractivity contribution in [1.82, 2.24) is 15.5 Å². The summed E-state index contributed by atoms with van der Waals surface area (Å²) in [6, 6.07) is 13.1. The van der Waals surface area contributed by atoms with E-state index < -0.39 is 35.8 Å². The van der Waals surface area contributed by atoms with Crippen LogP contribution in [-0.4, -0.2) is 59.0 Å². The fraction of sp³-hybridized carbons (Fsp3) is 0.357. The van der Waals surface area contributed by atoms with Crippen molar-refractivity contribution >= 4 is 35.5 Å². The quantitative estimate of drug-likeness (QED) is 0.186. The molecule has 0 unspecified atom stereocenters. The zero-order valence-electron chi connectivity index (χ0n) is 22.6. The lowest BCUT2D eigenvalue weighted by molar-refractivity contribution is -0.145. The van der Waals surface area contributed by atoms with Crippen molar-refractivity contribution < 1.29 is 34.9 Å². The van der Waals surface area contributed by atoms with E-state index in [-0.39, 0.29) is 50.6 Å². The molecule has 4 N–H and O–H groups in total. The third-order valence-corrected chi connectivity index (χ3v) is 6.16. The lowest BCUT2D eigenvalue weighted by Gasteiger charge is -2.19. The van der Waals surface area contributed by atoms with E-state index in [1.165, 1.54) is 6.92 Å². The van der Waals surface area contributed by atoms with Crippen molar-refractivity contribution in [3.8, 4) is 0 Å². The van der Waals surface area contributed by atoms with Crippen molar-refractivity contribution in [2.45, 2.75) is 57.7 Å². The number of rotatable bonds is 14. The van der Waals surface area contributed by atoms with Crippen molar-refractivity contribution in [3.63, 3.8) is 0 Å². The van der Waals surface area contributed by atoms with Crippen molar-refractivity contribution in [2.24, 2.45) is 5.73 Å². The second-order valence-electron chi connectivity index (χ2n) is 9.11. The summed E-state index contributed by atoms with van der Waals surface area (Å²) >= 11 is 0. The van der Waals surface area contributed by atoms with Gasteiger partial charge in [0, 0.05) is 19.4 Å². The summed E-state index contributed by atoms with van der Waals surface area (Å²) in [5.41, 5.74) is 6.86. The predicted octanol–water partition coefficient (Wildman–Crippen LogP) is 1.45. The van der Waals surface area contributed by atoms with E-state index in [1.807, 2.05) is 18.2 Å². The van der Waals surface area contributed by atoms with Gasteiger partial charge in [-0.3, -0.25) is 33.7 Å². The Bertz CT molecular complexity index is 1240. The van der Waals surface area contributed by atoms with Crippen LogP contribution in [-0.2, 0) is 30.5 Å². The number of hydrogen-bond acceptors (Lipinski definition) is 7. The van der Waals surface area contributed by atoms with Gasteiger partial charge in [0.25, 0.3) is 11.8 Å². The normalized spacial score (nSPS) is 14.2. The Kier molecular flexibility index (Phi) is 9.76. The number of nitrogens with one attached hydrogen (secondary N) is 2. The fourth-order valence-corrected chi connectivity index (χ4v) is 3.98. The highest BCUT2D eigenvalue weighted by molar-refractivity contribution is 6.21. The van der Waals surface area contributed by atoms with Crippen LogP contribution in [0.4, 0.5) is 0 Å². The second-order valence-corrected chi connectivity index (χ2v) is 9.11. The first-order valence-corrected chi connectivity index (χ1v) is 12.7. The molecule has 39 heavy (non-hydrogen) atoms. The highest BCUT2D eigenvalue weighted by Crippen LogP contribution is 2.22. The topological polar surface area (TPSA) is 165 Å². The minimum atomic E-state index is -1.24. The number of primary amides is 1. The zero-order chi connectivity index (χ0) is 29.2. The van der Waals surface area contributed by atoms with Gasteiger partial charge >= 0.3 is 5.97 Å². The number of amides is 5. The largest absolute Gasteiger partial charge is 0.461 e. The minimum Gasteiger partial charge on any atom is -0.461 e. The number of benzene rings is 2. The number of carbonyl (C=O) groups is 6. The number of fused-ring (bicyclic) bond motifs is 1. The molecule has 0 saturated carbocycles. The van der Waals surface area contributed by atoms with Crippen molar-refractivity contribution in [2.75, 3.05) is 6.54 Å². The van der Waals surface area contributed by atoms with Crippen LogP contribution in [0.25, 0.3) is 0 Å². The Morgan fingerprint density at radius 3 is 2.18 bits per heavy atom. The molecule has 0 radical (unpaired) electrons. The smallest absolute Gasteiger partial charge is 0.306 e. The average molecular weight is 538 g/mol. The van der Waals surface area contributed by atoms with Gasteiger partial charge in [-0.15, -0.1) is 0 Å². The first-order chi connectivity index (χ1) is 19.1. The Labute approximate surface area is 227 Å². The Balaban J connectivity index is 1.39. The van der Waals surface area contributed by atoms with Gasteiger partial charge in [0.2, 0.25) is 17.7 Å². The van der Waals surface area contributed by atoms with E-state index in [1.54, 1.807) is 36.4 Å². The van der Waals surface area contributed by atoms with Crippen LogP contribution in [0.3, 0.4) is 0 Å². The minimum absolute atomic E-state index is 0.0680. The van der Waals surface area contributed by atoms with E-state index >= 15 is 0 Å². The molecule has 206 valence electrons. The van der Waals surface area contributed by atoms with E-state index in [4.69, 9.17) is 11.9 Å². The summed E-state index contributed by atoms with van der Waals surface area (Å²) in [5, 5.41) is 2.89. The summed E-state index contributed by atoms with van der Waals surface area (Å²) in [7, 11) is 0. The lowest BCUT2D eigenvalue weighted by atomic mass is 10.1. The standard InChI is InChI=1S/C28H32N4O7/c1-18(26(36)31-22(25(29)35)14-15-24(34)39-17-19-9-3-2-4-10-19)30-23(33)13-7-8-16-32-27(37)20-11-5-6-12-21(20)28(32)38/h2-6,9-12,18,22H,7-8,13-17H2,1H3,(H2,29,35)(H,30,33)(H,31,36)/t18-,22-/m0/s1/i/hD. The van der Waals surface area contributed by atoms with E-state index in [0.717, 1.165) is 10.5 Å². The molecule has 0 bridgehead atoms. The van der Waals surface area contributed by atoms with Crippen LogP contribution in [0, 0.1) is 0 Å². The monoisotopic (exact) mass is 537 g/mol. The molecule has 0 aliphatic carbocycles. The Hall–Kier alpha value is -4.54. The number of unbranched alkanes of at least 4 members (excludes halogenated alkanes) is 1. The fourth-order valence-electron chi connectivity index (χ4n) is 3.98. The Morgan fingerprint density at radius 1 is 0.949 bits per heavy atom. The van der Waals surface area contributed by atoms with E-state index in [0.29, 0.717) is 22.9 Å². The number of ether oxygens (including phenoxy) is 1. The van der Waals surface area contributed by atoms with Crippen molar-refractivity contribution in [1.29, 1.82) is 0 Å². The molecule has 1 aliphatic heterocycles. The predicted molar refractivity (Wildman–Crippen MR) is 140 cm³/mol. The molecule has 11 heteroatoms. The number of nitrogens with zero attached hydrogens (tertiary/aromatic N) is 1. The molecule has 0 aromatic heterocycles. The summed E-state index contributed by atoms with van der Waals surface area (Å²) in [6.07, 6.45) is 0.258. The van der Waals surface area contributed by atoms with Crippen LogP contribution in [0.2, 0.25) is 1.41 Å². The van der Waals surface area contributed by atoms with Gasteiger partial charge in [-0.1, -0.05) is 42.5 Å². The summed E-state index contributed by atoms with van der Waals surface area (Å²) in [5.74, 6) is -3.63. The van der Waals surface area contributed by atoms with Gasteiger partial charge in [-0.05, 0) is 43.9 Å². The molecule has 3 rings (SSSR count). The third-order valence-electron chi connectivity index (χ3n) is 6.16. The van der Waals surface area contributed by atoms with Gasteiger partial charge in [-0.2, -0.15) is 0 Å². The molecular weight excluding hydrogens is 504 g/mol. The zero-order valence-corrected chi connectivity index (χ0v) is 21.6. The third kappa shape index (κ3) is 8.22. The molecule has 2 aromatic rings. The summed E-state index contributed by atoms with van der Waals surface area (Å²) in [4.78, 5) is 74.9. The maximum absolute atomic E-state index is 12.6. The molecular formula is C28H32N4O7. The van der Waals surface area contributed by atoms with Crippen LogP contribution in [0.15, 0.2) is 54.6 Å². The maximum Gasteiger partial charge on any atom is 0.306 e. The number of esters is 1. The van der Waals surface area contributed by atoms with Gasteiger partial charge in [0.05, 0.1) is 11.1 Å². The van der Waals surface area contributed by atoms with Gasteiger partial charge in [0.1, 0.15) is 18.7 Å². The van der Waals surface area contributed by atoms with Crippen molar-refractivity contribution in [3.05, 3.63) is 71.3 Å². The van der Waals surface area contributed by atoms with Crippen LogP contribution in [0.5, 0.6) is 0 Å². The average Bonchev–Trinajstić information content (AvgIpc) is 3.20. The van der Waals surface area contributed by atoms with E-state index in [9.17, 15) is 28.8 Å². The molecule has 1 aliphatic rings. The number of carbonyl (C=O) groups excluding carboxylic acids is 6. The van der Waals surface area contributed by atoms with E-state index in [2.05, 4.69) is 5.32 Å². The molecule has 1 heterocycles. The maximum atomic E-state index is 12.6. The van der Waals surface area contributed by atoms with Crippen LogP contribution >= 0.6 is 0 Å². The second kappa shape index (κ2) is 13.8. The van der Waals surface area contributed by atoms with Gasteiger partial charge in [-0.25, -0.2) is 0 Å². The summed E-state index contributed by atoms with van der Waals surface area (Å²) in [6.45, 7) is 1.52. The number of hydrogen-bond donors (Lipinski definition) is 3. The van der Waals surface area contributed by atoms with Gasteiger partial charge in [0.15, 0.2) is 1.41 Å². The molecule has 2 atom stereocenters. The van der Waals surface area contributed by atoms with Crippen LogP contribution in [0.1, 0.15) is 65.3 Å². The molecule has 0 spiro atoms. The number of nitrogens with two attached hydrogens (primary N) is 1. The molecule has 0 saturated heterocycles. The first-order valence-electron chi connectivity index (χ1n) is 13.1. The summed E-state index contributed by atoms with van der Waals surface area (Å²) < 4.78 is 13.2. The van der Waals surface area contributed by atoms with Crippen LogP contribution < -0.4 is 16.4 Å². The highest BCUT2D eigenvalue weighted by atomic mass is 16.5. The molecule has 5 amide bonds. The SMILES string of the molecule is [2H]N(C(=O)CCCCN1C(=O)c2ccccc2C1=O)[C@@H](C)C(=O)N[C@@H](CCC(=O)OCc1ccccc1)C(N)=O. The Morgan fingerprint density at radius 2 is 1.56 bits per heavy atom. The number of imide groups is 1.